The molecule has 1 atom stereocenters. The Morgan fingerprint density at radius 2 is 1.74 bits per heavy atom. The van der Waals surface area contributed by atoms with Gasteiger partial charge in [-0.2, -0.15) is 0 Å². The molecule has 0 saturated carbocycles. The van der Waals surface area contributed by atoms with Gasteiger partial charge in [-0.15, -0.1) is 0 Å². The lowest BCUT2D eigenvalue weighted by molar-refractivity contribution is -0.117. The van der Waals surface area contributed by atoms with Crippen LogP contribution >= 0.6 is 0 Å². The Morgan fingerprint density at radius 3 is 2.33 bits per heavy atom. The summed E-state index contributed by atoms with van der Waals surface area (Å²) in [6.07, 6.45) is 0.283. The standard InChI is InChI=1S/C21H25N3O3/c1-13-9-14(2)20(15(3)10-13)23-21(26)22-16-11-19(25)24(12-16)17-5-7-18(27-4)8-6-17/h5-10,16H,11-12H2,1-4H3,(H2,22,23,26)/t16-/m0/s1. The number of nitrogens with one attached hydrogen (secondary N) is 2. The van der Waals surface area contributed by atoms with E-state index in [1.807, 2.05) is 57.2 Å². The average Bonchev–Trinajstić information content (AvgIpc) is 2.98. The molecule has 0 radical (unpaired) electrons. The molecule has 1 heterocycles. The summed E-state index contributed by atoms with van der Waals surface area (Å²) in [5.74, 6) is 0.733. The van der Waals surface area contributed by atoms with Crippen molar-refractivity contribution in [1.82, 2.24) is 5.32 Å². The minimum absolute atomic E-state index is 0.00633. The van der Waals surface area contributed by atoms with Crippen molar-refractivity contribution in [2.24, 2.45) is 0 Å². The third kappa shape index (κ3) is 4.22. The van der Waals surface area contributed by atoms with E-state index in [-0.39, 0.29) is 24.4 Å². The monoisotopic (exact) mass is 367 g/mol. The second-order valence-electron chi connectivity index (χ2n) is 6.98. The Bertz CT molecular complexity index is 838. The van der Waals surface area contributed by atoms with E-state index in [2.05, 4.69) is 10.6 Å². The number of urea groups is 1. The van der Waals surface area contributed by atoms with Crippen LogP contribution in [0.5, 0.6) is 5.75 Å². The van der Waals surface area contributed by atoms with E-state index >= 15 is 0 Å². The van der Waals surface area contributed by atoms with Gasteiger partial charge >= 0.3 is 6.03 Å². The number of amides is 3. The largest absolute Gasteiger partial charge is 0.497 e. The molecule has 2 aromatic rings. The molecule has 2 aromatic carbocycles. The summed E-state index contributed by atoms with van der Waals surface area (Å²) in [5, 5.41) is 5.83. The van der Waals surface area contributed by atoms with Crippen molar-refractivity contribution in [3.05, 3.63) is 53.1 Å². The zero-order valence-corrected chi connectivity index (χ0v) is 16.1. The number of benzene rings is 2. The number of methoxy groups -OCH3 is 1. The summed E-state index contributed by atoms with van der Waals surface area (Å²) >= 11 is 0. The van der Waals surface area contributed by atoms with Gasteiger partial charge in [-0.05, 0) is 56.2 Å². The first-order valence-corrected chi connectivity index (χ1v) is 8.97. The quantitative estimate of drug-likeness (QED) is 0.868. The fraction of sp³-hybridized carbons (Fsp3) is 0.333. The van der Waals surface area contributed by atoms with Crippen molar-refractivity contribution in [3.8, 4) is 5.75 Å². The first-order chi connectivity index (χ1) is 12.9. The molecule has 27 heavy (non-hydrogen) atoms. The maximum atomic E-state index is 12.4. The lowest BCUT2D eigenvalue weighted by atomic mass is 10.1. The molecular formula is C21H25N3O3. The average molecular weight is 367 g/mol. The summed E-state index contributed by atoms with van der Waals surface area (Å²) in [5.41, 5.74) is 4.81. The van der Waals surface area contributed by atoms with Crippen LogP contribution in [-0.2, 0) is 4.79 Å². The van der Waals surface area contributed by atoms with Crippen LogP contribution in [-0.4, -0.2) is 31.6 Å². The van der Waals surface area contributed by atoms with E-state index in [9.17, 15) is 9.59 Å². The second-order valence-corrected chi connectivity index (χ2v) is 6.98. The fourth-order valence-corrected chi connectivity index (χ4v) is 3.53. The Labute approximate surface area is 159 Å². The van der Waals surface area contributed by atoms with Crippen molar-refractivity contribution < 1.29 is 14.3 Å². The molecule has 0 bridgehead atoms. The molecule has 0 aliphatic carbocycles. The van der Waals surface area contributed by atoms with E-state index < -0.39 is 0 Å². The van der Waals surface area contributed by atoms with Gasteiger partial charge in [0.25, 0.3) is 0 Å². The summed E-state index contributed by atoms with van der Waals surface area (Å²) < 4.78 is 5.15. The Balaban J connectivity index is 1.63. The molecule has 6 heteroatoms. The highest BCUT2D eigenvalue weighted by Gasteiger charge is 2.31. The van der Waals surface area contributed by atoms with Gasteiger partial charge < -0.3 is 20.3 Å². The number of carbonyl (C=O) groups excluding carboxylic acids is 2. The molecule has 0 spiro atoms. The number of ether oxygens (including phenoxy) is 1. The number of hydrogen-bond donors (Lipinski definition) is 2. The van der Waals surface area contributed by atoms with Gasteiger partial charge in [-0.1, -0.05) is 17.7 Å². The van der Waals surface area contributed by atoms with E-state index in [4.69, 9.17) is 4.74 Å². The fourth-order valence-electron chi connectivity index (χ4n) is 3.53. The first kappa shape index (κ1) is 18.8. The van der Waals surface area contributed by atoms with Crippen LogP contribution in [0.1, 0.15) is 23.1 Å². The van der Waals surface area contributed by atoms with E-state index in [0.717, 1.165) is 33.8 Å². The zero-order chi connectivity index (χ0) is 19.6. The molecule has 0 aromatic heterocycles. The highest BCUT2D eigenvalue weighted by Crippen LogP contribution is 2.25. The van der Waals surface area contributed by atoms with Crippen molar-refractivity contribution in [3.63, 3.8) is 0 Å². The first-order valence-electron chi connectivity index (χ1n) is 8.97. The van der Waals surface area contributed by atoms with Crippen LogP contribution in [0.25, 0.3) is 0 Å². The predicted molar refractivity (Wildman–Crippen MR) is 107 cm³/mol. The van der Waals surface area contributed by atoms with Gasteiger partial charge in [-0.3, -0.25) is 4.79 Å². The minimum Gasteiger partial charge on any atom is -0.497 e. The molecule has 3 amide bonds. The lowest BCUT2D eigenvalue weighted by Gasteiger charge is -2.18. The molecule has 1 aliphatic heterocycles. The molecular weight excluding hydrogens is 342 g/mol. The van der Waals surface area contributed by atoms with E-state index in [1.54, 1.807) is 12.0 Å². The number of aryl methyl sites for hydroxylation is 3. The minimum atomic E-state index is -0.292. The van der Waals surface area contributed by atoms with Crippen molar-refractivity contribution in [2.45, 2.75) is 33.2 Å². The molecule has 142 valence electrons. The lowest BCUT2D eigenvalue weighted by Crippen LogP contribution is -2.40. The topological polar surface area (TPSA) is 70.7 Å². The van der Waals surface area contributed by atoms with Crippen LogP contribution in [0.15, 0.2) is 36.4 Å². The molecule has 0 unspecified atom stereocenters. The van der Waals surface area contributed by atoms with Gasteiger partial charge in [0.2, 0.25) is 5.91 Å². The number of anilines is 2. The molecule has 1 fully saturated rings. The summed E-state index contributed by atoms with van der Waals surface area (Å²) in [4.78, 5) is 26.5. The van der Waals surface area contributed by atoms with E-state index in [1.165, 1.54) is 0 Å². The number of rotatable bonds is 4. The highest BCUT2D eigenvalue weighted by atomic mass is 16.5. The number of hydrogen-bond acceptors (Lipinski definition) is 3. The Morgan fingerprint density at radius 1 is 1.11 bits per heavy atom. The van der Waals surface area contributed by atoms with Gasteiger partial charge in [0, 0.05) is 24.3 Å². The smallest absolute Gasteiger partial charge is 0.319 e. The number of carbonyl (C=O) groups is 2. The van der Waals surface area contributed by atoms with E-state index in [0.29, 0.717) is 6.54 Å². The van der Waals surface area contributed by atoms with Crippen LogP contribution in [0.4, 0.5) is 16.2 Å². The molecule has 3 rings (SSSR count). The van der Waals surface area contributed by atoms with Gasteiger partial charge in [0.05, 0.1) is 13.2 Å². The van der Waals surface area contributed by atoms with Crippen LogP contribution in [0, 0.1) is 20.8 Å². The van der Waals surface area contributed by atoms with Crippen molar-refractivity contribution >= 4 is 23.3 Å². The van der Waals surface area contributed by atoms with Crippen LogP contribution < -0.4 is 20.3 Å². The third-order valence-electron chi connectivity index (χ3n) is 4.76. The highest BCUT2D eigenvalue weighted by molar-refractivity contribution is 5.98. The van der Waals surface area contributed by atoms with Crippen molar-refractivity contribution in [2.75, 3.05) is 23.9 Å². The van der Waals surface area contributed by atoms with Crippen molar-refractivity contribution in [1.29, 1.82) is 0 Å². The summed E-state index contributed by atoms with van der Waals surface area (Å²) in [6.45, 7) is 6.42. The van der Waals surface area contributed by atoms with Gasteiger partial charge in [0.15, 0.2) is 0 Å². The van der Waals surface area contributed by atoms with Crippen LogP contribution in [0.3, 0.4) is 0 Å². The van der Waals surface area contributed by atoms with Gasteiger partial charge in [0.1, 0.15) is 5.75 Å². The second kappa shape index (κ2) is 7.70. The molecule has 6 nitrogen and oxygen atoms in total. The number of nitrogens with zero attached hydrogens (tertiary/aromatic N) is 1. The normalized spacial score (nSPS) is 16.4. The predicted octanol–water partition coefficient (Wildman–Crippen LogP) is 3.55. The molecule has 2 N–H and O–H groups in total. The Kier molecular flexibility index (Phi) is 5.35. The van der Waals surface area contributed by atoms with Crippen LogP contribution in [0.2, 0.25) is 0 Å². The Hall–Kier alpha value is -3.02. The third-order valence-corrected chi connectivity index (χ3v) is 4.76. The summed E-state index contributed by atoms with van der Waals surface area (Å²) in [7, 11) is 1.60. The SMILES string of the molecule is COc1ccc(N2C[C@@H](NC(=O)Nc3c(C)cc(C)cc3C)CC2=O)cc1. The zero-order valence-electron chi connectivity index (χ0n) is 16.1. The summed E-state index contributed by atoms with van der Waals surface area (Å²) in [6, 6.07) is 10.9. The van der Waals surface area contributed by atoms with Gasteiger partial charge in [-0.25, -0.2) is 4.79 Å². The molecule has 1 aliphatic rings. The maximum absolute atomic E-state index is 12.4. The molecule has 1 saturated heterocycles. The maximum Gasteiger partial charge on any atom is 0.319 e.